The molecule has 10 heteroatoms. The van der Waals surface area contributed by atoms with Gasteiger partial charge in [0.2, 0.25) is 0 Å². The second-order valence-electron chi connectivity index (χ2n) is 9.69. The van der Waals surface area contributed by atoms with Crippen molar-refractivity contribution in [3.63, 3.8) is 0 Å². The number of aryl methyl sites for hydroxylation is 1. The molecule has 1 aromatic carbocycles. The highest BCUT2D eigenvalue weighted by Crippen LogP contribution is 2.41. The van der Waals surface area contributed by atoms with Crippen molar-refractivity contribution in [2.24, 2.45) is 11.0 Å². The Hall–Kier alpha value is -3.14. The van der Waals surface area contributed by atoms with E-state index in [1.807, 2.05) is 13.8 Å². The maximum Gasteiger partial charge on any atom is 0.428 e. The minimum Gasteiger partial charge on any atom is -0.435 e. The average Bonchev–Trinajstić information content (AvgIpc) is 2.86. The fraction of sp³-hybridized carbons (Fsp3) is 0.600. The molecule has 3 N–H and O–H groups in total. The van der Waals surface area contributed by atoms with Crippen LogP contribution in [0.2, 0.25) is 0 Å². The predicted molar refractivity (Wildman–Crippen MR) is 131 cm³/mol. The molecule has 10 nitrogen and oxygen atoms in total. The summed E-state index contributed by atoms with van der Waals surface area (Å²) in [5.41, 5.74) is 5.68. The topological polar surface area (TPSA) is 121 Å². The van der Waals surface area contributed by atoms with Gasteiger partial charge in [0.15, 0.2) is 5.60 Å². The van der Waals surface area contributed by atoms with Crippen LogP contribution in [-0.4, -0.2) is 68.6 Å². The van der Waals surface area contributed by atoms with Gasteiger partial charge in [0.25, 0.3) is 0 Å². The maximum absolute atomic E-state index is 12.2. The Morgan fingerprint density at radius 3 is 2.63 bits per heavy atom. The standard InChI is InChI=1S/C25H35N5O5/c1-16-4-5-19(30-10-12-34-13-11-30)15-20(16)21-25(35-24(33)29-28-21)8-6-18(7-9-25)14-17(2)27-23(32)22(31)26-3/h4-5,15,17-18H,6-14H2,1-3H3,(H,26,31)(H,27,32)(H,29,33)/t17-,18?,25?/m0/s1. The van der Waals surface area contributed by atoms with Gasteiger partial charge in [0, 0.05) is 37.4 Å². The van der Waals surface area contributed by atoms with E-state index in [0.29, 0.717) is 32.0 Å². The van der Waals surface area contributed by atoms with Gasteiger partial charge in [-0.15, -0.1) is 0 Å². The van der Waals surface area contributed by atoms with E-state index in [4.69, 9.17) is 9.47 Å². The summed E-state index contributed by atoms with van der Waals surface area (Å²) >= 11 is 0. The molecule has 1 aromatic rings. The van der Waals surface area contributed by atoms with Crippen molar-refractivity contribution < 1.29 is 23.9 Å². The number of carbonyl (C=O) groups is 3. The lowest BCUT2D eigenvalue weighted by Gasteiger charge is -2.42. The van der Waals surface area contributed by atoms with Gasteiger partial charge in [-0.05, 0) is 69.6 Å². The largest absolute Gasteiger partial charge is 0.435 e. The third kappa shape index (κ3) is 5.58. The summed E-state index contributed by atoms with van der Waals surface area (Å²) < 4.78 is 11.4. The number of anilines is 1. The number of nitrogens with one attached hydrogen (secondary N) is 3. The molecule has 1 atom stereocenters. The van der Waals surface area contributed by atoms with Gasteiger partial charge in [-0.2, -0.15) is 5.10 Å². The normalized spacial score (nSPS) is 25.2. The Labute approximate surface area is 205 Å². The molecule has 4 rings (SSSR count). The Morgan fingerprint density at radius 1 is 1.23 bits per heavy atom. The summed E-state index contributed by atoms with van der Waals surface area (Å²) in [6, 6.07) is 6.22. The van der Waals surface area contributed by atoms with Gasteiger partial charge in [-0.25, -0.2) is 10.2 Å². The fourth-order valence-corrected chi connectivity index (χ4v) is 5.32. The first-order chi connectivity index (χ1) is 16.8. The second kappa shape index (κ2) is 10.6. The lowest BCUT2D eigenvalue weighted by atomic mass is 9.72. The lowest BCUT2D eigenvalue weighted by Crippen LogP contribution is -2.53. The van der Waals surface area contributed by atoms with E-state index in [0.717, 1.165) is 54.9 Å². The molecule has 190 valence electrons. The van der Waals surface area contributed by atoms with E-state index < -0.39 is 23.5 Å². The molecular weight excluding hydrogens is 450 g/mol. The van der Waals surface area contributed by atoms with Crippen LogP contribution in [0.1, 0.15) is 50.2 Å². The van der Waals surface area contributed by atoms with Gasteiger partial charge in [-0.3, -0.25) is 9.59 Å². The third-order valence-electron chi connectivity index (χ3n) is 7.24. The van der Waals surface area contributed by atoms with Crippen molar-refractivity contribution in [3.8, 4) is 0 Å². The summed E-state index contributed by atoms with van der Waals surface area (Å²) in [5.74, 6) is -0.919. The van der Waals surface area contributed by atoms with Gasteiger partial charge in [-0.1, -0.05) is 6.07 Å². The second-order valence-corrected chi connectivity index (χ2v) is 9.69. The van der Waals surface area contributed by atoms with Crippen LogP contribution >= 0.6 is 0 Å². The third-order valence-corrected chi connectivity index (χ3v) is 7.24. The van der Waals surface area contributed by atoms with Crippen molar-refractivity contribution >= 4 is 29.3 Å². The lowest BCUT2D eigenvalue weighted by molar-refractivity contribution is -0.139. The maximum atomic E-state index is 12.2. The van der Waals surface area contributed by atoms with E-state index in [2.05, 4.69) is 44.3 Å². The van der Waals surface area contributed by atoms with Crippen molar-refractivity contribution in [2.75, 3.05) is 38.3 Å². The molecule has 1 aliphatic carbocycles. The van der Waals surface area contributed by atoms with E-state index in [1.54, 1.807) is 0 Å². The molecule has 3 amide bonds. The molecule has 3 aliphatic rings. The number of morpholine rings is 1. The monoisotopic (exact) mass is 485 g/mol. The highest BCUT2D eigenvalue weighted by Gasteiger charge is 2.46. The quantitative estimate of drug-likeness (QED) is 0.548. The predicted octanol–water partition coefficient (Wildman–Crippen LogP) is 1.85. The van der Waals surface area contributed by atoms with Crippen molar-refractivity contribution in [1.82, 2.24) is 16.1 Å². The first kappa shape index (κ1) is 25.0. The first-order valence-electron chi connectivity index (χ1n) is 12.3. The van der Waals surface area contributed by atoms with Crippen molar-refractivity contribution in [1.29, 1.82) is 0 Å². The van der Waals surface area contributed by atoms with Crippen LogP contribution in [0.4, 0.5) is 10.5 Å². The van der Waals surface area contributed by atoms with Crippen LogP contribution in [0.3, 0.4) is 0 Å². The van der Waals surface area contributed by atoms with Crippen LogP contribution < -0.4 is 21.0 Å². The molecule has 0 unspecified atom stereocenters. The van der Waals surface area contributed by atoms with Gasteiger partial charge in [0.1, 0.15) is 5.71 Å². The summed E-state index contributed by atoms with van der Waals surface area (Å²) in [6.45, 7) is 7.04. The number of hydrogen-bond acceptors (Lipinski definition) is 7. The van der Waals surface area contributed by atoms with Crippen LogP contribution in [0, 0.1) is 12.8 Å². The summed E-state index contributed by atoms with van der Waals surface area (Å²) in [7, 11) is 1.44. The molecule has 1 saturated heterocycles. The molecular formula is C25H35N5O5. The number of ether oxygens (including phenoxy) is 2. The SMILES string of the molecule is CNC(=O)C(=O)N[C@@H](C)CC1CCC2(CC1)OC(=O)NN=C2c1cc(N2CCOCC2)ccc1C. The molecule has 2 fully saturated rings. The molecule has 1 saturated carbocycles. The molecule has 0 aromatic heterocycles. The molecule has 2 aliphatic heterocycles. The average molecular weight is 486 g/mol. The number of rotatable bonds is 5. The number of likely N-dealkylation sites (N-methyl/N-ethyl adjacent to an activating group) is 1. The molecule has 0 bridgehead atoms. The van der Waals surface area contributed by atoms with E-state index in [1.165, 1.54) is 7.05 Å². The number of carbonyl (C=O) groups excluding carboxylic acids is 3. The smallest absolute Gasteiger partial charge is 0.428 e. The zero-order chi connectivity index (χ0) is 25.0. The fourth-order valence-electron chi connectivity index (χ4n) is 5.32. The Kier molecular flexibility index (Phi) is 7.59. The Balaban J connectivity index is 1.48. The highest BCUT2D eigenvalue weighted by molar-refractivity contribution is 6.35. The Morgan fingerprint density at radius 2 is 1.94 bits per heavy atom. The van der Waals surface area contributed by atoms with Gasteiger partial charge in [0.05, 0.1) is 13.2 Å². The minimum atomic E-state index is -0.776. The molecule has 35 heavy (non-hydrogen) atoms. The number of amides is 3. The van der Waals surface area contributed by atoms with Crippen LogP contribution in [0.15, 0.2) is 23.3 Å². The zero-order valence-corrected chi connectivity index (χ0v) is 20.7. The van der Waals surface area contributed by atoms with Crippen LogP contribution in [-0.2, 0) is 19.1 Å². The van der Waals surface area contributed by atoms with E-state index in [9.17, 15) is 14.4 Å². The van der Waals surface area contributed by atoms with Crippen LogP contribution in [0.5, 0.6) is 0 Å². The van der Waals surface area contributed by atoms with Crippen molar-refractivity contribution in [2.45, 2.75) is 57.6 Å². The molecule has 0 radical (unpaired) electrons. The van der Waals surface area contributed by atoms with Crippen LogP contribution in [0.25, 0.3) is 0 Å². The Bertz CT molecular complexity index is 996. The van der Waals surface area contributed by atoms with Gasteiger partial charge < -0.3 is 25.0 Å². The summed E-state index contributed by atoms with van der Waals surface area (Å²) in [5, 5.41) is 9.60. The highest BCUT2D eigenvalue weighted by atomic mass is 16.6. The minimum absolute atomic E-state index is 0.130. The van der Waals surface area contributed by atoms with E-state index in [-0.39, 0.29) is 6.04 Å². The number of hydrazone groups is 1. The van der Waals surface area contributed by atoms with E-state index >= 15 is 0 Å². The molecule has 2 heterocycles. The first-order valence-corrected chi connectivity index (χ1v) is 12.3. The summed E-state index contributed by atoms with van der Waals surface area (Å²) in [4.78, 5) is 37.9. The number of benzene rings is 1. The molecule has 1 spiro atoms. The number of hydrogen-bond donors (Lipinski definition) is 3. The summed E-state index contributed by atoms with van der Waals surface area (Å²) in [6.07, 6.45) is 3.19. The zero-order valence-electron chi connectivity index (χ0n) is 20.7. The van der Waals surface area contributed by atoms with Crippen molar-refractivity contribution in [3.05, 3.63) is 29.3 Å². The van der Waals surface area contributed by atoms with Gasteiger partial charge >= 0.3 is 17.9 Å². The number of nitrogens with zero attached hydrogens (tertiary/aromatic N) is 2.